The van der Waals surface area contributed by atoms with Crippen LogP contribution in [0.3, 0.4) is 0 Å². The Labute approximate surface area is 119 Å². The van der Waals surface area contributed by atoms with E-state index in [1.807, 2.05) is 18.3 Å². The predicted molar refractivity (Wildman–Crippen MR) is 80.7 cm³/mol. The summed E-state index contributed by atoms with van der Waals surface area (Å²) < 4.78 is 0. The molecule has 2 aromatic rings. The first-order valence-corrected chi connectivity index (χ1v) is 7.03. The molecule has 20 heavy (non-hydrogen) atoms. The van der Waals surface area contributed by atoms with Gasteiger partial charge < -0.3 is 5.32 Å². The smallest absolute Gasteiger partial charge is 0.224 e. The van der Waals surface area contributed by atoms with Crippen molar-refractivity contribution in [2.75, 3.05) is 5.32 Å². The summed E-state index contributed by atoms with van der Waals surface area (Å²) in [7, 11) is 0. The van der Waals surface area contributed by atoms with Crippen molar-refractivity contribution >= 4 is 11.6 Å². The van der Waals surface area contributed by atoms with Crippen LogP contribution in [0.15, 0.2) is 36.7 Å². The predicted octanol–water partition coefficient (Wildman–Crippen LogP) is 3.76. The summed E-state index contributed by atoms with van der Waals surface area (Å²) in [4.78, 5) is 15.8. The molecule has 0 radical (unpaired) electrons. The highest BCUT2D eigenvalue weighted by Crippen LogP contribution is 2.37. The molecule has 102 valence electrons. The zero-order valence-corrected chi connectivity index (χ0v) is 11.8. The fraction of sp³-hybridized carbons (Fsp3) is 0.294. The molecule has 1 amide bonds. The van der Waals surface area contributed by atoms with E-state index in [9.17, 15) is 4.79 Å². The number of nitrogens with zero attached hydrogens (tertiary/aromatic N) is 1. The Balaban J connectivity index is 2.19. The van der Waals surface area contributed by atoms with Gasteiger partial charge in [0.15, 0.2) is 0 Å². The summed E-state index contributed by atoms with van der Waals surface area (Å²) >= 11 is 0. The second-order valence-corrected chi connectivity index (χ2v) is 5.50. The van der Waals surface area contributed by atoms with Gasteiger partial charge in [0, 0.05) is 30.1 Å². The van der Waals surface area contributed by atoms with E-state index in [4.69, 9.17) is 0 Å². The monoisotopic (exact) mass is 266 g/mol. The van der Waals surface area contributed by atoms with E-state index < -0.39 is 0 Å². The molecule has 0 spiro atoms. The van der Waals surface area contributed by atoms with E-state index in [0.717, 1.165) is 17.7 Å². The van der Waals surface area contributed by atoms with Crippen LogP contribution in [0.1, 0.15) is 37.3 Å². The molecule has 1 aliphatic rings. The first-order chi connectivity index (χ1) is 9.66. The number of carbonyl (C=O) groups is 1. The van der Waals surface area contributed by atoms with Crippen molar-refractivity contribution < 1.29 is 4.79 Å². The quantitative estimate of drug-likeness (QED) is 0.899. The Morgan fingerprint density at radius 3 is 2.75 bits per heavy atom. The molecule has 0 fully saturated rings. The number of amides is 1. The average molecular weight is 266 g/mol. The fourth-order valence-corrected chi connectivity index (χ4v) is 2.94. The van der Waals surface area contributed by atoms with Crippen molar-refractivity contribution in [1.29, 1.82) is 0 Å². The summed E-state index contributed by atoms with van der Waals surface area (Å²) in [5.41, 5.74) is 5.94. The van der Waals surface area contributed by atoms with Crippen molar-refractivity contribution in [2.45, 2.75) is 32.6 Å². The number of benzene rings is 1. The van der Waals surface area contributed by atoms with E-state index in [0.29, 0.717) is 12.3 Å². The van der Waals surface area contributed by atoms with E-state index in [1.165, 1.54) is 16.7 Å². The number of hydrogen-bond acceptors (Lipinski definition) is 2. The number of hydrogen-bond donors (Lipinski definition) is 1. The van der Waals surface area contributed by atoms with Crippen LogP contribution in [0.2, 0.25) is 0 Å². The van der Waals surface area contributed by atoms with Gasteiger partial charge in [-0.3, -0.25) is 9.78 Å². The highest BCUT2D eigenvalue weighted by atomic mass is 16.1. The average Bonchev–Trinajstić information content (AvgIpc) is 2.46. The van der Waals surface area contributed by atoms with Crippen LogP contribution >= 0.6 is 0 Å². The summed E-state index contributed by atoms with van der Waals surface area (Å²) in [6.07, 6.45) is 5.08. The normalized spacial score (nSPS) is 14.1. The molecule has 1 aromatic heterocycles. The Hall–Kier alpha value is -2.16. The minimum Gasteiger partial charge on any atom is -0.326 e. The number of nitrogens with one attached hydrogen (secondary N) is 1. The highest BCUT2D eigenvalue weighted by Gasteiger charge is 2.22. The lowest BCUT2D eigenvalue weighted by atomic mass is 9.85. The molecule has 3 nitrogen and oxygen atoms in total. The molecule has 0 aliphatic carbocycles. The summed E-state index contributed by atoms with van der Waals surface area (Å²) in [6, 6.07) is 8.15. The van der Waals surface area contributed by atoms with Gasteiger partial charge in [0.05, 0.1) is 0 Å². The number of fused-ring (bicyclic) bond motifs is 1. The molecule has 2 heterocycles. The van der Waals surface area contributed by atoms with Crippen LogP contribution in [0.4, 0.5) is 5.69 Å². The van der Waals surface area contributed by atoms with Gasteiger partial charge in [-0.2, -0.15) is 0 Å². The van der Waals surface area contributed by atoms with Crippen LogP contribution in [-0.2, 0) is 11.2 Å². The van der Waals surface area contributed by atoms with Gasteiger partial charge in [-0.05, 0) is 41.2 Å². The van der Waals surface area contributed by atoms with Crippen molar-refractivity contribution in [3.8, 4) is 11.1 Å². The Kier molecular flexibility index (Phi) is 3.26. The number of carbonyl (C=O) groups excluding carboxylic acids is 1. The minimum absolute atomic E-state index is 0.112. The molecular weight excluding hydrogens is 248 g/mol. The van der Waals surface area contributed by atoms with Gasteiger partial charge >= 0.3 is 0 Å². The molecule has 1 N–H and O–H groups in total. The third-order valence-corrected chi connectivity index (χ3v) is 3.78. The zero-order chi connectivity index (χ0) is 14.1. The lowest BCUT2D eigenvalue weighted by molar-refractivity contribution is -0.116. The topological polar surface area (TPSA) is 42.0 Å². The largest absolute Gasteiger partial charge is 0.326 e. The number of anilines is 1. The van der Waals surface area contributed by atoms with E-state index in [-0.39, 0.29) is 5.91 Å². The van der Waals surface area contributed by atoms with Gasteiger partial charge in [0.1, 0.15) is 0 Å². The molecule has 1 aromatic carbocycles. The maximum absolute atomic E-state index is 11.5. The minimum atomic E-state index is 0.112. The van der Waals surface area contributed by atoms with Crippen molar-refractivity contribution in [1.82, 2.24) is 4.98 Å². The van der Waals surface area contributed by atoms with Gasteiger partial charge in [-0.15, -0.1) is 0 Å². The van der Waals surface area contributed by atoms with E-state index in [1.54, 1.807) is 6.20 Å². The second-order valence-electron chi connectivity index (χ2n) is 5.50. The SMILES string of the molecule is CC(C)c1c(-c2cccnc2)ccc2c1CCC(=O)N2. The maximum Gasteiger partial charge on any atom is 0.224 e. The molecule has 0 atom stereocenters. The Bertz CT molecular complexity index is 648. The Morgan fingerprint density at radius 2 is 2.05 bits per heavy atom. The maximum atomic E-state index is 11.5. The lowest BCUT2D eigenvalue weighted by Crippen LogP contribution is -2.20. The van der Waals surface area contributed by atoms with Crippen LogP contribution in [0.25, 0.3) is 11.1 Å². The number of aromatic nitrogens is 1. The van der Waals surface area contributed by atoms with Crippen LogP contribution in [0, 0.1) is 0 Å². The Morgan fingerprint density at radius 1 is 1.20 bits per heavy atom. The van der Waals surface area contributed by atoms with E-state index >= 15 is 0 Å². The summed E-state index contributed by atoms with van der Waals surface area (Å²) in [6.45, 7) is 4.40. The lowest BCUT2D eigenvalue weighted by Gasteiger charge is -2.24. The molecular formula is C17H18N2O. The first-order valence-electron chi connectivity index (χ1n) is 7.03. The molecule has 3 rings (SSSR count). The molecule has 3 heteroatoms. The van der Waals surface area contributed by atoms with Crippen LogP contribution in [-0.4, -0.2) is 10.9 Å². The van der Waals surface area contributed by atoms with Crippen molar-refractivity contribution in [3.63, 3.8) is 0 Å². The van der Waals surface area contributed by atoms with Crippen LogP contribution < -0.4 is 5.32 Å². The van der Waals surface area contributed by atoms with Crippen molar-refractivity contribution in [2.24, 2.45) is 0 Å². The second kappa shape index (κ2) is 5.08. The van der Waals surface area contributed by atoms with Crippen LogP contribution in [0.5, 0.6) is 0 Å². The highest BCUT2D eigenvalue weighted by molar-refractivity contribution is 5.95. The fourth-order valence-electron chi connectivity index (χ4n) is 2.94. The molecule has 1 aliphatic heterocycles. The van der Waals surface area contributed by atoms with Gasteiger partial charge in [-0.25, -0.2) is 0 Å². The molecule has 0 saturated carbocycles. The summed E-state index contributed by atoms with van der Waals surface area (Å²) in [5.74, 6) is 0.525. The zero-order valence-electron chi connectivity index (χ0n) is 11.8. The third-order valence-electron chi connectivity index (χ3n) is 3.78. The van der Waals surface area contributed by atoms with Gasteiger partial charge in [0.2, 0.25) is 5.91 Å². The molecule has 0 unspecified atom stereocenters. The molecule has 0 saturated heterocycles. The standard InChI is InChI=1S/C17H18N2O/c1-11(2)17-13(12-4-3-9-18-10-12)5-7-15-14(17)6-8-16(20)19-15/h3-5,7,9-11H,6,8H2,1-2H3,(H,19,20). The van der Waals surface area contributed by atoms with Crippen molar-refractivity contribution in [3.05, 3.63) is 47.8 Å². The first kappa shape index (κ1) is 12.9. The third kappa shape index (κ3) is 2.20. The van der Waals surface area contributed by atoms with E-state index in [2.05, 4.69) is 36.3 Å². The van der Waals surface area contributed by atoms with Gasteiger partial charge in [0.25, 0.3) is 0 Å². The molecule has 0 bridgehead atoms. The van der Waals surface area contributed by atoms with Gasteiger partial charge in [-0.1, -0.05) is 26.0 Å². The number of rotatable bonds is 2. The summed E-state index contributed by atoms with van der Waals surface area (Å²) in [5, 5.41) is 2.98. The number of pyridine rings is 1.